The number of alkyl halides is 3. The Morgan fingerprint density at radius 1 is 1.08 bits per heavy atom. The number of rotatable bonds is 4. The molecule has 1 aliphatic heterocycles. The molecule has 0 spiro atoms. The number of anilines is 1. The Kier molecular flexibility index (Phi) is 6.42. The zero-order valence-electron chi connectivity index (χ0n) is 20.0. The van der Waals surface area contributed by atoms with Gasteiger partial charge in [-0.3, -0.25) is 9.36 Å². The molecule has 1 aliphatic rings. The number of hydrogen-bond acceptors (Lipinski definition) is 8. The molecule has 9 nitrogen and oxygen atoms in total. The molecular formula is C24H19F5N6O3. The average molecular weight is 534 g/mol. The average Bonchev–Trinajstić information content (AvgIpc) is 2.90. The van der Waals surface area contributed by atoms with E-state index in [-0.39, 0.29) is 36.9 Å². The van der Waals surface area contributed by atoms with Gasteiger partial charge in [0.1, 0.15) is 28.9 Å². The number of benzene rings is 1. The van der Waals surface area contributed by atoms with Gasteiger partial charge < -0.3 is 14.4 Å². The van der Waals surface area contributed by atoms with Crippen LogP contribution in [0.4, 0.5) is 27.9 Å². The van der Waals surface area contributed by atoms with E-state index in [9.17, 15) is 26.7 Å². The summed E-state index contributed by atoms with van der Waals surface area (Å²) in [6, 6.07) is 5.94. The van der Waals surface area contributed by atoms with E-state index in [1.54, 1.807) is 23.2 Å². The molecule has 1 saturated heterocycles. The van der Waals surface area contributed by atoms with Gasteiger partial charge in [0.2, 0.25) is 17.7 Å². The van der Waals surface area contributed by atoms with Crippen LogP contribution < -0.4 is 15.2 Å². The predicted molar refractivity (Wildman–Crippen MR) is 125 cm³/mol. The van der Waals surface area contributed by atoms with Gasteiger partial charge in [0.05, 0.1) is 20.3 Å². The summed E-state index contributed by atoms with van der Waals surface area (Å²) >= 11 is 0. The van der Waals surface area contributed by atoms with Crippen molar-refractivity contribution in [1.29, 1.82) is 0 Å². The Morgan fingerprint density at radius 2 is 1.87 bits per heavy atom. The summed E-state index contributed by atoms with van der Waals surface area (Å²) in [5.41, 5.74) is -2.08. The minimum atomic E-state index is -4.98. The molecule has 0 saturated carbocycles. The number of morpholine rings is 1. The third-order valence-electron chi connectivity index (χ3n) is 6.04. The van der Waals surface area contributed by atoms with Crippen molar-refractivity contribution in [2.24, 2.45) is 7.05 Å². The fraction of sp³-hybridized carbons (Fsp3) is 0.292. The number of pyridine rings is 1. The van der Waals surface area contributed by atoms with Crippen LogP contribution in [-0.4, -0.2) is 51.3 Å². The summed E-state index contributed by atoms with van der Waals surface area (Å²) in [6.45, 7) is 0.683. The highest BCUT2D eigenvalue weighted by molar-refractivity contribution is 5.89. The van der Waals surface area contributed by atoms with Crippen molar-refractivity contribution < 1.29 is 31.4 Å². The van der Waals surface area contributed by atoms with E-state index >= 15 is 0 Å². The standard InChI is InChI=1S/C24H19F5N6O3/c1-34-21(36)20-19(31-22(34)24(27,28)29)18(14-4-3-13(25)10-15(14)26)32-23(33-20)35-7-8-38-16(11-35)12-5-6-30-17(9-12)37-2/h3-6,9-10,16H,7-8,11H2,1-2H3/t16-/m0/s1. The van der Waals surface area contributed by atoms with Crippen LogP contribution in [0.5, 0.6) is 5.88 Å². The van der Waals surface area contributed by atoms with Gasteiger partial charge in [0.15, 0.2) is 5.52 Å². The molecule has 5 rings (SSSR count). The second kappa shape index (κ2) is 9.59. The van der Waals surface area contributed by atoms with Gasteiger partial charge >= 0.3 is 6.18 Å². The SMILES string of the molecule is COc1cc([C@@H]2CN(c3nc(-c4ccc(F)cc4F)c4nc(C(F)(F)F)n(C)c(=O)c4n3)CCO2)ccn1. The second-order valence-electron chi connectivity index (χ2n) is 8.43. The van der Waals surface area contributed by atoms with Crippen molar-refractivity contribution in [1.82, 2.24) is 24.5 Å². The van der Waals surface area contributed by atoms with Gasteiger partial charge in [-0.2, -0.15) is 13.2 Å². The normalized spacial score (nSPS) is 16.2. The van der Waals surface area contributed by atoms with Crippen molar-refractivity contribution in [3.63, 3.8) is 0 Å². The van der Waals surface area contributed by atoms with Crippen molar-refractivity contribution in [3.05, 3.63) is 69.9 Å². The molecule has 198 valence electrons. The molecule has 3 aromatic heterocycles. The summed E-state index contributed by atoms with van der Waals surface area (Å²) in [4.78, 5) is 30.9. The Morgan fingerprint density at radius 3 is 2.58 bits per heavy atom. The zero-order chi connectivity index (χ0) is 27.2. The lowest BCUT2D eigenvalue weighted by Crippen LogP contribution is -2.39. The minimum Gasteiger partial charge on any atom is -0.481 e. The topological polar surface area (TPSA) is 95.3 Å². The van der Waals surface area contributed by atoms with Crippen LogP contribution in [0.2, 0.25) is 0 Å². The van der Waals surface area contributed by atoms with Gasteiger partial charge in [-0.1, -0.05) is 0 Å². The van der Waals surface area contributed by atoms with Gasteiger partial charge in [0, 0.05) is 37.5 Å². The molecule has 1 fully saturated rings. The third kappa shape index (κ3) is 4.62. The first-order valence-corrected chi connectivity index (χ1v) is 11.2. The van der Waals surface area contributed by atoms with Crippen molar-refractivity contribution in [2.45, 2.75) is 12.3 Å². The number of fused-ring (bicyclic) bond motifs is 1. The maximum Gasteiger partial charge on any atom is 0.449 e. The van der Waals surface area contributed by atoms with Gasteiger partial charge in [0.25, 0.3) is 5.56 Å². The van der Waals surface area contributed by atoms with Crippen LogP contribution in [0.25, 0.3) is 22.3 Å². The number of hydrogen-bond donors (Lipinski definition) is 0. The molecule has 0 amide bonds. The van der Waals surface area contributed by atoms with Crippen LogP contribution in [-0.2, 0) is 18.0 Å². The minimum absolute atomic E-state index is 0.0517. The van der Waals surface area contributed by atoms with Crippen LogP contribution >= 0.6 is 0 Å². The maximum atomic E-state index is 14.8. The monoisotopic (exact) mass is 534 g/mol. The molecule has 0 bridgehead atoms. The second-order valence-corrected chi connectivity index (χ2v) is 8.43. The maximum absolute atomic E-state index is 14.8. The zero-order valence-corrected chi connectivity index (χ0v) is 20.0. The molecule has 0 unspecified atom stereocenters. The Hall–Kier alpha value is -4.20. The van der Waals surface area contributed by atoms with Gasteiger partial charge in [-0.15, -0.1) is 0 Å². The predicted octanol–water partition coefficient (Wildman–Crippen LogP) is 3.67. The van der Waals surface area contributed by atoms with Crippen LogP contribution in [0.1, 0.15) is 17.5 Å². The van der Waals surface area contributed by atoms with Gasteiger partial charge in [-0.25, -0.2) is 28.7 Å². The summed E-state index contributed by atoms with van der Waals surface area (Å²) < 4.78 is 80.7. The Bertz CT molecular complexity index is 1590. The van der Waals surface area contributed by atoms with E-state index in [0.29, 0.717) is 16.5 Å². The van der Waals surface area contributed by atoms with E-state index in [2.05, 4.69) is 19.9 Å². The highest BCUT2D eigenvalue weighted by atomic mass is 19.4. The lowest BCUT2D eigenvalue weighted by atomic mass is 10.1. The van der Waals surface area contributed by atoms with Gasteiger partial charge in [-0.05, 0) is 23.8 Å². The molecule has 0 aliphatic carbocycles. The van der Waals surface area contributed by atoms with Crippen molar-refractivity contribution in [2.75, 3.05) is 31.7 Å². The van der Waals surface area contributed by atoms with E-state index in [1.165, 1.54) is 7.11 Å². The Labute approximate surface area is 211 Å². The summed E-state index contributed by atoms with van der Waals surface area (Å²) in [5.74, 6) is -3.17. The smallest absolute Gasteiger partial charge is 0.449 e. The molecule has 1 aromatic carbocycles. The van der Waals surface area contributed by atoms with E-state index in [0.717, 1.165) is 24.7 Å². The van der Waals surface area contributed by atoms with E-state index in [4.69, 9.17) is 9.47 Å². The number of halogens is 5. The molecular weight excluding hydrogens is 515 g/mol. The van der Waals surface area contributed by atoms with E-state index < -0.39 is 46.3 Å². The van der Waals surface area contributed by atoms with Crippen LogP contribution in [0.3, 0.4) is 0 Å². The first-order valence-electron chi connectivity index (χ1n) is 11.2. The molecule has 14 heteroatoms. The molecule has 1 atom stereocenters. The molecule has 0 N–H and O–H groups in total. The molecule has 0 radical (unpaired) electrons. The van der Waals surface area contributed by atoms with Crippen molar-refractivity contribution >= 4 is 17.0 Å². The van der Waals surface area contributed by atoms with Crippen molar-refractivity contribution in [3.8, 4) is 17.1 Å². The van der Waals surface area contributed by atoms with E-state index in [1.807, 2.05) is 0 Å². The summed E-state index contributed by atoms with van der Waals surface area (Å²) in [5, 5.41) is 0. The number of ether oxygens (including phenoxy) is 2. The lowest BCUT2D eigenvalue weighted by Gasteiger charge is -2.33. The largest absolute Gasteiger partial charge is 0.481 e. The van der Waals surface area contributed by atoms with Crippen LogP contribution in [0.15, 0.2) is 41.3 Å². The molecule has 4 heterocycles. The van der Waals surface area contributed by atoms with Crippen LogP contribution in [0, 0.1) is 11.6 Å². The number of nitrogens with zero attached hydrogens (tertiary/aromatic N) is 6. The quantitative estimate of drug-likeness (QED) is 0.366. The summed E-state index contributed by atoms with van der Waals surface area (Å²) in [6.07, 6.45) is -3.92. The third-order valence-corrected chi connectivity index (χ3v) is 6.04. The first-order chi connectivity index (χ1) is 18.1. The summed E-state index contributed by atoms with van der Waals surface area (Å²) in [7, 11) is 2.39. The fourth-order valence-corrected chi connectivity index (χ4v) is 4.17. The number of methoxy groups -OCH3 is 1. The number of aromatic nitrogens is 5. The molecule has 4 aromatic rings. The lowest BCUT2D eigenvalue weighted by molar-refractivity contribution is -0.147. The first kappa shape index (κ1) is 25.4. The highest BCUT2D eigenvalue weighted by Crippen LogP contribution is 2.33. The molecule has 38 heavy (non-hydrogen) atoms. The fourth-order valence-electron chi connectivity index (χ4n) is 4.17. The Balaban J connectivity index is 1.68. The highest BCUT2D eigenvalue weighted by Gasteiger charge is 2.37.